The second-order valence-electron chi connectivity index (χ2n) is 4.91. The first-order valence-electron chi connectivity index (χ1n) is 6.90. The minimum Gasteiger partial charge on any atom is -0.356 e. The van der Waals surface area contributed by atoms with Crippen LogP contribution in [0, 0.1) is 0 Å². The maximum absolute atomic E-state index is 11.6. The molecule has 2 amide bonds. The standard InChI is InChI=1S/C15H23N3O2/c1-4-16-14(19)9-12-5-7-13(8-6-12)18-15(20)10-17-11(2)3/h5-8,11,17H,4,9-10H2,1-3H3,(H,16,19)(H,18,20). The maximum atomic E-state index is 11.6. The Bertz CT molecular complexity index is 441. The van der Waals surface area contributed by atoms with E-state index in [0.29, 0.717) is 19.5 Å². The van der Waals surface area contributed by atoms with Crippen LogP contribution in [0.3, 0.4) is 0 Å². The van der Waals surface area contributed by atoms with E-state index in [2.05, 4.69) is 16.0 Å². The van der Waals surface area contributed by atoms with Crippen LogP contribution in [0.1, 0.15) is 26.3 Å². The van der Waals surface area contributed by atoms with E-state index in [0.717, 1.165) is 11.3 Å². The quantitative estimate of drug-likeness (QED) is 0.703. The summed E-state index contributed by atoms with van der Waals surface area (Å²) in [6.45, 7) is 6.79. The molecule has 110 valence electrons. The number of hydrogen-bond acceptors (Lipinski definition) is 3. The van der Waals surface area contributed by atoms with Crippen LogP contribution in [-0.4, -0.2) is 30.9 Å². The van der Waals surface area contributed by atoms with Crippen LogP contribution in [0.25, 0.3) is 0 Å². The molecule has 0 bridgehead atoms. The average molecular weight is 277 g/mol. The fourth-order valence-electron chi connectivity index (χ4n) is 1.65. The minimum atomic E-state index is -0.0739. The van der Waals surface area contributed by atoms with Crippen molar-refractivity contribution in [1.29, 1.82) is 0 Å². The number of anilines is 1. The molecule has 0 heterocycles. The molecule has 1 aromatic carbocycles. The molecule has 3 N–H and O–H groups in total. The number of carbonyl (C=O) groups excluding carboxylic acids is 2. The van der Waals surface area contributed by atoms with Crippen LogP contribution in [0.2, 0.25) is 0 Å². The van der Waals surface area contributed by atoms with Crippen molar-refractivity contribution in [3.63, 3.8) is 0 Å². The van der Waals surface area contributed by atoms with Gasteiger partial charge in [-0.2, -0.15) is 0 Å². The molecule has 0 radical (unpaired) electrons. The monoisotopic (exact) mass is 277 g/mol. The van der Waals surface area contributed by atoms with Crippen molar-refractivity contribution >= 4 is 17.5 Å². The first-order chi connectivity index (χ1) is 9.51. The topological polar surface area (TPSA) is 70.2 Å². The number of amides is 2. The van der Waals surface area contributed by atoms with Gasteiger partial charge in [0.05, 0.1) is 13.0 Å². The fourth-order valence-corrected chi connectivity index (χ4v) is 1.65. The molecule has 5 nitrogen and oxygen atoms in total. The Kier molecular flexibility index (Phi) is 6.73. The first kappa shape index (κ1) is 16.2. The number of likely N-dealkylation sites (N-methyl/N-ethyl adjacent to an activating group) is 1. The Hall–Kier alpha value is -1.88. The number of hydrogen-bond donors (Lipinski definition) is 3. The summed E-state index contributed by atoms with van der Waals surface area (Å²) in [5.74, 6) is -0.0689. The van der Waals surface area contributed by atoms with Crippen molar-refractivity contribution in [2.24, 2.45) is 0 Å². The number of nitrogens with one attached hydrogen (secondary N) is 3. The smallest absolute Gasteiger partial charge is 0.238 e. The summed E-state index contributed by atoms with van der Waals surface area (Å²) in [4.78, 5) is 23.1. The lowest BCUT2D eigenvalue weighted by Gasteiger charge is -2.09. The molecule has 0 aliphatic heterocycles. The van der Waals surface area contributed by atoms with E-state index < -0.39 is 0 Å². The number of benzene rings is 1. The molecule has 0 fully saturated rings. The Labute approximate surface area is 120 Å². The van der Waals surface area contributed by atoms with Gasteiger partial charge in [0.2, 0.25) is 11.8 Å². The minimum absolute atomic E-state index is 0.00502. The molecule has 0 atom stereocenters. The van der Waals surface area contributed by atoms with Gasteiger partial charge in [0.1, 0.15) is 0 Å². The van der Waals surface area contributed by atoms with E-state index in [1.165, 1.54) is 0 Å². The fraction of sp³-hybridized carbons (Fsp3) is 0.467. The predicted molar refractivity (Wildman–Crippen MR) is 80.6 cm³/mol. The SMILES string of the molecule is CCNC(=O)Cc1ccc(NC(=O)CNC(C)C)cc1. The zero-order valence-corrected chi connectivity index (χ0v) is 12.3. The molecule has 5 heteroatoms. The second-order valence-corrected chi connectivity index (χ2v) is 4.91. The molecule has 20 heavy (non-hydrogen) atoms. The van der Waals surface area contributed by atoms with E-state index in [4.69, 9.17) is 0 Å². The molecule has 1 aromatic rings. The van der Waals surface area contributed by atoms with E-state index in [1.807, 2.05) is 45.0 Å². The van der Waals surface area contributed by atoms with E-state index in [-0.39, 0.29) is 17.9 Å². The van der Waals surface area contributed by atoms with Gasteiger partial charge >= 0.3 is 0 Å². The predicted octanol–water partition coefficient (Wildman–Crippen LogP) is 1.30. The zero-order chi connectivity index (χ0) is 15.0. The van der Waals surface area contributed by atoms with Crippen molar-refractivity contribution in [1.82, 2.24) is 10.6 Å². The lowest BCUT2D eigenvalue weighted by atomic mass is 10.1. The van der Waals surface area contributed by atoms with Crippen molar-refractivity contribution in [2.45, 2.75) is 33.2 Å². The molecule has 0 aliphatic carbocycles. The Balaban J connectivity index is 2.46. The molecular weight excluding hydrogens is 254 g/mol. The van der Waals surface area contributed by atoms with Crippen LogP contribution in [0.4, 0.5) is 5.69 Å². The van der Waals surface area contributed by atoms with Crippen molar-refractivity contribution in [3.05, 3.63) is 29.8 Å². The molecular formula is C15H23N3O2. The van der Waals surface area contributed by atoms with Crippen LogP contribution in [0.15, 0.2) is 24.3 Å². The van der Waals surface area contributed by atoms with Gasteiger partial charge in [0, 0.05) is 18.3 Å². The highest BCUT2D eigenvalue weighted by atomic mass is 16.2. The molecule has 0 aromatic heterocycles. The van der Waals surface area contributed by atoms with E-state index in [9.17, 15) is 9.59 Å². The molecule has 0 unspecified atom stereocenters. The lowest BCUT2D eigenvalue weighted by molar-refractivity contribution is -0.120. The largest absolute Gasteiger partial charge is 0.356 e. The lowest BCUT2D eigenvalue weighted by Crippen LogP contribution is -2.32. The van der Waals surface area contributed by atoms with Gasteiger partial charge in [-0.1, -0.05) is 26.0 Å². The average Bonchev–Trinajstić information content (AvgIpc) is 2.39. The maximum Gasteiger partial charge on any atom is 0.238 e. The summed E-state index contributed by atoms with van der Waals surface area (Å²) in [6, 6.07) is 7.59. The van der Waals surface area contributed by atoms with Gasteiger partial charge in [-0.3, -0.25) is 9.59 Å². The third-order valence-electron chi connectivity index (χ3n) is 2.65. The molecule has 0 saturated heterocycles. The number of carbonyl (C=O) groups is 2. The van der Waals surface area contributed by atoms with Crippen molar-refractivity contribution < 1.29 is 9.59 Å². The van der Waals surface area contributed by atoms with Gasteiger partial charge < -0.3 is 16.0 Å². The van der Waals surface area contributed by atoms with Crippen molar-refractivity contribution in [2.75, 3.05) is 18.4 Å². The highest BCUT2D eigenvalue weighted by molar-refractivity contribution is 5.92. The highest BCUT2D eigenvalue weighted by Crippen LogP contribution is 2.09. The van der Waals surface area contributed by atoms with Crippen molar-refractivity contribution in [3.8, 4) is 0 Å². The number of rotatable bonds is 7. The Morgan fingerprint density at radius 1 is 1.10 bits per heavy atom. The van der Waals surface area contributed by atoms with Gasteiger partial charge in [0.15, 0.2) is 0 Å². The molecule has 1 rings (SSSR count). The van der Waals surface area contributed by atoms with Gasteiger partial charge in [-0.15, -0.1) is 0 Å². The first-order valence-corrected chi connectivity index (χ1v) is 6.90. The normalized spacial score (nSPS) is 10.4. The summed E-state index contributed by atoms with van der Waals surface area (Å²) < 4.78 is 0. The molecule has 0 spiro atoms. The van der Waals surface area contributed by atoms with Gasteiger partial charge in [-0.05, 0) is 24.6 Å². The summed E-state index contributed by atoms with van der Waals surface area (Å²) in [6.07, 6.45) is 0.358. The third-order valence-corrected chi connectivity index (χ3v) is 2.65. The molecule has 0 saturated carbocycles. The van der Waals surface area contributed by atoms with E-state index in [1.54, 1.807) is 0 Å². The summed E-state index contributed by atoms with van der Waals surface area (Å²) >= 11 is 0. The molecule has 0 aliphatic rings. The highest BCUT2D eigenvalue weighted by Gasteiger charge is 2.05. The summed E-state index contributed by atoms with van der Waals surface area (Å²) in [5.41, 5.74) is 1.66. The summed E-state index contributed by atoms with van der Waals surface area (Å²) in [7, 11) is 0. The van der Waals surface area contributed by atoms with Gasteiger partial charge in [0.25, 0.3) is 0 Å². The third kappa shape index (κ3) is 6.33. The van der Waals surface area contributed by atoms with Crippen LogP contribution in [-0.2, 0) is 16.0 Å². The van der Waals surface area contributed by atoms with Crippen LogP contribution in [0.5, 0.6) is 0 Å². The van der Waals surface area contributed by atoms with Crippen LogP contribution < -0.4 is 16.0 Å². The Morgan fingerprint density at radius 3 is 2.30 bits per heavy atom. The zero-order valence-electron chi connectivity index (χ0n) is 12.3. The van der Waals surface area contributed by atoms with E-state index >= 15 is 0 Å². The summed E-state index contributed by atoms with van der Waals surface area (Å²) in [5, 5.41) is 8.60. The second kappa shape index (κ2) is 8.32. The van der Waals surface area contributed by atoms with Crippen LogP contribution >= 0.6 is 0 Å². The van der Waals surface area contributed by atoms with Gasteiger partial charge in [-0.25, -0.2) is 0 Å². The Morgan fingerprint density at radius 2 is 1.75 bits per heavy atom.